The second-order valence-electron chi connectivity index (χ2n) is 4.15. The summed E-state index contributed by atoms with van der Waals surface area (Å²) in [4.78, 5) is 0. The highest BCUT2D eigenvalue weighted by Crippen LogP contribution is 2.29. The Hall–Kier alpha value is -0.800. The molecule has 17 heavy (non-hydrogen) atoms. The van der Waals surface area contributed by atoms with E-state index in [-0.39, 0.29) is 0 Å². The molecule has 3 heteroatoms. The van der Waals surface area contributed by atoms with E-state index in [1.54, 1.807) is 0 Å². The van der Waals surface area contributed by atoms with Gasteiger partial charge in [0.05, 0.1) is 4.47 Å². The van der Waals surface area contributed by atoms with Crippen LogP contribution in [0.4, 0.5) is 0 Å². The molecule has 1 rings (SSSR count). The van der Waals surface area contributed by atoms with Gasteiger partial charge in [-0.05, 0) is 47.5 Å². The molecule has 0 atom stereocenters. The van der Waals surface area contributed by atoms with Crippen molar-refractivity contribution in [3.63, 3.8) is 0 Å². The molecule has 0 aliphatic carbocycles. The summed E-state index contributed by atoms with van der Waals surface area (Å²) in [5.41, 5.74) is 2.20. The smallest absolute Gasteiger partial charge is 0.138 e. The van der Waals surface area contributed by atoms with Gasteiger partial charge in [0.2, 0.25) is 0 Å². The van der Waals surface area contributed by atoms with Crippen LogP contribution in [0.5, 0.6) is 5.75 Å². The maximum Gasteiger partial charge on any atom is 0.138 e. The largest absolute Gasteiger partial charge is 0.488 e. The number of hydrogen-bond donors (Lipinski definition) is 1. The average Bonchev–Trinajstić information content (AvgIpc) is 2.28. The van der Waals surface area contributed by atoms with E-state index in [1.165, 1.54) is 5.56 Å². The molecule has 0 unspecified atom stereocenters. The summed E-state index contributed by atoms with van der Waals surface area (Å²) in [7, 11) is 0. The van der Waals surface area contributed by atoms with Crippen LogP contribution in [0.25, 0.3) is 0 Å². The molecule has 0 radical (unpaired) electrons. The predicted octanol–water partition coefficient (Wildman–Crippen LogP) is 3.90. The van der Waals surface area contributed by atoms with Crippen molar-refractivity contribution in [1.29, 1.82) is 0 Å². The molecular formula is C14H20BrNO. The topological polar surface area (TPSA) is 21.3 Å². The first-order valence-corrected chi connectivity index (χ1v) is 6.69. The lowest BCUT2D eigenvalue weighted by atomic mass is 10.2. The SMILES string of the molecule is C=C(C)COc1c(Br)cccc1CNCCC. The van der Waals surface area contributed by atoms with Gasteiger partial charge < -0.3 is 10.1 Å². The Bertz CT molecular complexity index is 376. The number of halogens is 1. The number of rotatable bonds is 7. The third kappa shape index (κ3) is 4.92. The average molecular weight is 298 g/mol. The van der Waals surface area contributed by atoms with Gasteiger partial charge in [0, 0.05) is 12.1 Å². The fraction of sp³-hybridized carbons (Fsp3) is 0.429. The van der Waals surface area contributed by atoms with Gasteiger partial charge in [0.15, 0.2) is 0 Å². The zero-order chi connectivity index (χ0) is 12.7. The highest BCUT2D eigenvalue weighted by molar-refractivity contribution is 9.10. The number of ether oxygens (including phenoxy) is 1. The first-order valence-electron chi connectivity index (χ1n) is 5.90. The van der Waals surface area contributed by atoms with Gasteiger partial charge in [0.25, 0.3) is 0 Å². The maximum atomic E-state index is 5.77. The molecule has 0 heterocycles. The van der Waals surface area contributed by atoms with Crippen LogP contribution in [0.3, 0.4) is 0 Å². The first-order chi connectivity index (χ1) is 8.15. The minimum Gasteiger partial charge on any atom is -0.488 e. The van der Waals surface area contributed by atoms with Gasteiger partial charge >= 0.3 is 0 Å². The quantitative estimate of drug-likeness (QED) is 0.609. The van der Waals surface area contributed by atoms with Crippen LogP contribution in [0.2, 0.25) is 0 Å². The van der Waals surface area contributed by atoms with E-state index in [4.69, 9.17) is 4.74 Å². The third-order valence-electron chi connectivity index (χ3n) is 2.25. The summed E-state index contributed by atoms with van der Waals surface area (Å²) < 4.78 is 6.77. The molecule has 0 saturated heterocycles. The normalized spacial score (nSPS) is 10.3. The van der Waals surface area contributed by atoms with Crippen molar-refractivity contribution in [2.75, 3.05) is 13.2 Å². The van der Waals surface area contributed by atoms with E-state index in [1.807, 2.05) is 19.1 Å². The predicted molar refractivity (Wildman–Crippen MR) is 76.4 cm³/mol. The lowest BCUT2D eigenvalue weighted by molar-refractivity contribution is 0.345. The molecule has 94 valence electrons. The van der Waals surface area contributed by atoms with E-state index in [0.29, 0.717) is 6.61 Å². The Balaban J connectivity index is 2.73. The standard InChI is InChI=1S/C14H20BrNO/c1-4-8-16-9-12-6-5-7-13(15)14(12)17-10-11(2)3/h5-7,16H,2,4,8-10H2,1,3H3. The molecule has 2 nitrogen and oxygen atoms in total. The van der Waals surface area contributed by atoms with Crippen LogP contribution >= 0.6 is 15.9 Å². The molecule has 0 saturated carbocycles. The maximum absolute atomic E-state index is 5.77. The van der Waals surface area contributed by atoms with Crippen molar-refractivity contribution >= 4 is 15.9 Å². The summed E-state index contributed by atoms with van der Waals surface area (Å²) in [5.74, 6) is 0.916. The van der Waals surface area contributed by atoms with Crippen molar-refractivity contribution < 1.29 is 4.74 Å². The summed E-state index contributed by atoms with van der Waals surface area (Å²) >= 11 is 3.52. The fourth-order valence-corrected chi connectivity index (χ4v) is 1.97. The number of nitrogens with one attached hydrogen (secondary N) is 1. The molecule has 0 bridgehead atoms. The number of benzene rings is 1. The van der Waals surface area contributed by atoms with E-state index < -0.39 is 0 Å². The molecule has 0 aromatic heterocycles. The van der Waals surface area contributed by atoms with Crippen molar-refractivity contribution in [3.8, 4) is 5.75 Å². The minimum absolute atomic E-state index is 0.559. The van der Waals surface area contributed by atoms with Gasteiger partial charge in [-0.2, -0.15) is 0 Å². The second kappa shape index (κ2) is 7.51. The summed E-state index contributed by atoms with van der Waals surface area (Å²) in [6.45, 7) is 10.4. The van der Waals surface area contributed by atoms with Crippen LogP contribution in [0, 0.1) is 0 Å². The molecular weight excluding hydrogens is 278 g/mol. The Morgan fingerprint density at radius 1 is 1.47 bits per heavy atom. The molecule has 0 aliphatic heterocycles. The zero-order valence-electron chi connectivity index (χ0n) is 10.6. The molecule has 0 amide bonds. The van der Waals surface area contributed by atoms with Crippen LogP contribution < -0.4 is 10.1 Å². The summed E-state index contributed by atoms with van der Waals surface area (Å²) in [5, 5.41) is 3.38. The third-order valence-corrected chi connectivity index (χ3v) is 2.88. The van der Waals surface area contributed by atoms with Crippen molar-refractivity contribution in [1.82, 2.24) is 5.32 Å². The van der Waals surface area contributed by atoms with Crippen LogP contribution in [0.1, 0.15) is 25.8 Å². The van der Waals surface area contributed by atoms with Crippen LogP contribution in [-0.2, 0) is 6.54 Å². The van der Waals surface area contributed by atoms with Crippen molar-refractivity contribution in [2.45, 2.75) is 26.8 Å². The molecule has 0 aliphatic rings. The van der Waals surface area contributed by atoms with E-state index in [2.05, 4.69) is 40.8 Å². The highest BCUT2D eigenvalue weighted by Gasteiger charge is 2.07. The molecule has 1 aromatic rings. The number of para-hydroxylation sites is 1. The molecule has 0 spiro atoms. The Labute approximate surface area is 112 Å². The van der Waals surface area contributed by atoms with Gasteiger partial charge in [-0.15, -0.1) is 0 Å². The van der Waals surface area contributed by atoms with Gasteiger partial charge in [-0.1, -0.05) is 25.6 Å². The van der Waals surface area contributed by atoms with Crippen LogP contribution in [0.15, 0.2) is 34.8 Å². The second-order valence-corrected chi connectivity index (χ2v) is 5.00. The molecule has 0 fully saturated rings. The van der Waals surface area contributed by atoms with E-state index in [0.717, 1.165) is 35.3 Å². The lowest BCUT2D eigenvalue weighted by Crippen LogP contribution is -2.15. The Kier molecular flexibility index (Phi) is 6.30. The Morgan fingerprint density at radius 2 is 2.24 bits per heavy atom. The fourth-order valence-electron chi connectivity index (χ4n) is 1.45. The summed E-state index contributed by atoms with van der Waals surface area (Å²) in [6, 6.07) is 6.11. The van der Waals surface area contributed by atoms with Crippen molar-refractivity contribution in [3.05, 3.63) is 40.4 Å². The highest BCUT2D eigenvalue weighted by atomic mass is 79.9. The van der Waals surface area contributed by atoms with Gasteiger partial charge in [0.1, 0.15) is 12.4 Å². The first kappa shape index (κ1) is 14.3. The minimum atomic E-state index is 0.559. The van der Waals surface area contributed by atoms with Crippen LogP contribution in [-0.4, -0.2) is 13.2 Å². The lowest BCUT2D eigenvalue weighted by Gasteiger charge is -2.13. The van der Waals surface area contributed by atoms with Gasteiger partial charge in [-0.3, -0.25) is 0 Å². The van der Waals surface area contributed by atoms with Gasteiger partial charge in [-0.25, -0.2) is 0 Å². The molecule has 1 N–H and O–H groups in total. The summed E-state index contributed by atoms with van der Waals surface area (Å²) in [6.07, 6.45) is 1.13. The monoisotopic (exact) mass is 297 g/mol. The van der Waals surface area contributed by atoms with Crippen molar-refractivity contribution in [2.24, 2.45) is 0 Å². The Morgan fingerprint density at radius 3 is 2.88 bits per heavy atom. The zero-order valence-corrected chi connectivity index (χ0v) is 12.1. The van der Waals surface area contributed by atoms with E-state index >= 15 is 0 Å². The molecule has 1 aromatic carbocycles. The van der Waals surface area contributed by atoms with E-state index in [9.17, 15) is 0 Å². The number of hydrogen-bond acceptors (Lipinski definition) is 2.